The van der Waals surface area contributed by atoms with Crippen LogP contribution in [0.5, 0.6) is 0 Å². The van der Waals surface area contributed by atoms with E-state index < -0.39 is 0 Å². The van der Waals surface area contributed by atoms with Crippen LogP contribution in [-0.4, -0.2) is 46.3 Å². The van der Waals surface area contributed by atoms with Gasteiger partial charge >= 0.3 is 0 Å². The molecule has 1 amide bonds. The van der Waals surface area contributed by atoms with E-state index in [2.05, 4.69) is 22.2 Å². The van der Waals surface area contributed by atoms with Crippen LogP contribution in [0.15, 0.2) is 41.2 Å². The summed E-state index contributed by atoms with van der Waals surface area (Å²) in [6.07, 6.45) is 3.71. The number of piperidine rings is 1. The molecule has 1 fully saturated rings. The molecule has 0 aliphatic carbocycles. The molecule has 7 heteroatoms. The summed E-state index contributed by atoms with van der Waals surface area (Å²) in [4.78, 5) is 26.7. The summed E-state index contributed by atoms with van der Waals surface area (Å²) < 4.78 is 1.20. The first-order chi connectivity index (χ1) is 13.0. The number of likely N-dealkylation sites (tertiary alicyclic amines) is 1. The third kappa shape index (κ3) is 5.40. The van der Waals surface area contributed by atoms with Gasteiger partial charge in [-0.15, -0.1) is 0 Å². The monoisotopic (exact) mass is 388 g/mol. The molecule has 2 aromatic rings. The second kappa shape index (κ2) is 9.15. The smallest absolute Gasteiger partial charge is 0.267 e. The molecule has 0 spiro atoms. The fourth-order valence-corrected chi connectivity index (χ4v) is 3.48. The van der Waals surface area contributed by atoms with Gasteiger partial charge in [0.2, 0.25) is 5.91 Å². The van der Waals surface area contributed by atoms with E-state index in [0.717, 1.165) is 18.7 Å². The van der Waals surface area contributed by atoms with E-state index >= 15 is 0 Å². The molecule has 144 valence electrons. The second-order valence-electron chi connectivity index (χ2n) is 6.95. The number of hydrogen-bond donors (Lipinski definition) is 1. The third-order valence-corrected chi connectivity index (χ3v) is 5.21. The number of carbonyl (C=O) groups is 1. The molecule has 1 saturated heterocycles. The predicted octanol–water partition coefficient (Wildman–Crippen LogP) is 2.55. The number of hydrogen-bond acceptors (Lipinski definition) is 4. The largest absolute Gasteiger partial charge is 0.353 e. The third-order valence-electron chi connectivity index (χ3n) is 4.96. The first-order valence-electron chi connectivity index (χ1n) is 9.38. The van der Waals surface area contributed by atoms with Gasteiger partial charge in [0.1, 0.15) is 6.54 Å². The van der Waals surface area contributed by atoms with Crippen molar-refractivity contribution in [2.24, 2.45) is 0 Å². The molecule has 27 heavy (non-hydrogen) atoms. The lowest BCUT2D eigenvalue weighted by molar-refractivity contribution is -0.122. The quantitative estimate of drug-likeness (QED) is 0.825. The van der Waals surface area contributed by atoms with E-state index in [1.807, 2.05) is 12.1 Å². The SMILES string of the molecule is CC1CCCCN1CCNC(=O)Cn1nc(-c2ccc(Cl)cc2)ccc1=O. The van der Waals surface area contributed by atoms with Gasteiger partial charge in [0.15, 0.2) is 0 Å². The lowest BCUT2D eigenvalue weighted by atomic mass is 10.0. The zero-order chi connectivity index (χ0) is 19.2. The predicted molar refractivity (Wildman–Crippen MR) is 107 cm³/mol. The average Bonchev–Trinajstić information content (AvgIpc) is 2.66. The Morgan fingerprint density at radius 2 is 2.00 bits per heavy atom. The standard InChI is InChI=1S/C20H25ClN4O2/c1-15-4-2-3-12-24(15)13-11-22-19(26)14-25-20(27)10-9-18(23-25)16-5-7-17(21)8-6-16/h5-10,15H,2-4,11-14H2,1H3,(H,22,26). The fourth-order valence-electron chi connectivity index (χ4n) is 3.36. The van der Waals surface area contributed by atoms with Crippen molar-refractivity contribution in [3.05, 3.63) is 51.8 Å². The minimum Gasteiger partial charge on any atom is -0.353 e. The van der Waals surface area contributed by atoms with Crippen molar-refractivity contribution in [2.45, 2.75) is 38.8 Å². The number of aromatic nitrogens is 2. The molecule has 1 unspecified atom stereocenters. The van der Waals surface area contributed by atoms with Gasteiger partial charge in [-0.25, -0.2) is 4.68 Å². The minimum atomic E-state index is -0.299. The zero-order valence-corrected chi connectivity index (χ0v) is 16.3. The van der Waals surface area contributed by atoms with Gasteiger partial charge in [0.05, 0.1) is 5.69 Å². The van der Waals surface area contributed by atoms with Crippen molar-refractivity contribution in [1.82, 2.24) is 20.0 Å². The Kier molecular flexibility index (Phi) is 6.63. The Balaban J connectivity index is 1.57. The highest BCUT2D eigenvalue weighted by Gasteiger charge is 2.17. The van der Waals surface area contributed by atoms with Gasteiger partial charge in [0, 0.05) is 35.8 Å². The van der Waals surface area contributed by atoms with Crippen molar-refractivity contribution >= 4 is 17.5 Å². The molecular formula is C20H25ClN4O2. The average molecular weight is 389 g/mol. The van der Waals surface area contributed by atoms with Crippen molar-refractivity contribution < 1.29 is 4.79 Å². The second-order valence-corrected chi connectivity index (χ2v) is 7.39. The Bertz CT molecular complexity index is 835. The normalized spacial score (nSPS) is 17.6. The van der Waals surface area contributed by atoms with Crippen molar-refractivity contribution in [3.63, 3.8) is 0 Å². The van der Waals surface area contributed by atoms with E-state index in [9.17, 15) is 9.59 Å². The Morgan fingerprint density at radius 3 is 2.74 bits per heavy atom. The van der Waals surface area contributed by atoms with Crippen LogP contribution in [-0.2, 0) is 11.3 Å². The van der Waals surface area contributed by atoms with E-state index in [-0.39, 0.29) is 18.0 Å². The summed E-state index contributed by atoms with van der Waals surface area (Å²) in [5.74, 6) is -0.206. The minimum absolute atomic E-state index is 0.0875. The summed E-state index contributed by atoms with van der Waals surface area (Å²) in [6, 6.07) is 10.8. The van der Waals surface area contributed by atoms with Crippen LogP contribution in [0.1, 0.15) is 26.2 Å². The highest BCUT2D eigenvalue weighted by atomic mass is 35.5. The zero-order valence-electron chi connectivity index (χ0n) is 15.5. The number of benzene rings is 1. The van der Waals surface area contributed by atoms with Gasteiger partial charge in [-0.05, 0) is 44.5 Å². The molecule has 2 heterocycles. The molecule has 0 saturated carbocycles. The Labute approximate surface area is 164 Å². The summed E-state index contributed by atoms with van der Waals surface area (Å²) in [5.41, 5.74) is 1.17. The summed E-state index contributed by atoms with van der Waals surface area (Å²) in [7, 11) is 0. The van der Waals surface area contributed by atoms with Crippen LogP contribution in [0.3, 0.4) is 0 Å². The summed E-state index contributed by atoms with van der Waals surface area (Å²) in [6.45, 7) is 4.64. The molecule has 1 atom stereocenters. The molecular weight excluding hydrogens is 364 g/mol. The first-order valence-corrected chi connectivity index (χ1v) is 9.75. The number of halogens is 1. The Hall–Kier alpha value is -2.18. The lowest BCUT2D eigenvalue weighted by Gasteiger charge is -2.33. The van der Waals surface area contributed by atoms with Crippen LogP contribution in [0, 0.1) is 0 Å². The van der Waals surface area contributed by atoms with E-state index in [0.29, 0.717) is 23.3 Å². The van der Waals surface area contributed by atoms with Crippen LogP contribution < -0.4 is 10.9 Å². The van der Waals surface area contributed by atoms with Gasteiger partial charge in [-0.2, -0.15) is 5.10 Å². The van der Waals surface area contributed by atoms with Gasteiger partial charge in [-0.1, -0.05) is 30.2 Å². The maximum atomic E-state index is 12.2. The molecule has 1 aromatic carbocycles. The van der Waals surface area contributed by atoms with Crippen LogP contribution in [0.25, 0.3) is 11.3 Å². The van der Waals surface area contributed by atoms with Crippen LogP contribution in [0.2, 0.25) is 5.02 Å². The molecule has 1 aromatic heterocycles. The number of nitrogens with one attached hydrogen (secondary N) is 1. The summed E-state index contributed by atoms with van der Waals surface area (Å²) >= 11 is 5.91. The van der Waals surface area contributed by atoms with Crippen molar-refractivity contribution in [2.75, 3.05) is 19.6 Å². The van der Waals surface area contributed by atoms with E-state index in [1.165, 1.54) is 30.0 Å². The Morgan fingerprint density at radius 1 is 1.22 bits per heavy atom. The number of rotatable bonds is 6. The molecule has 3 rings (SSSR count). The number of nitrogens with zero attached hydrogens (tertiary/aromatic N) is 3. The summed E-state index contributed by atoms with van der Waals surface area (Å²) in [5, 5.41) is 7.84. The maximum Gasteiger partial charge on any atom is 0.267 e. The molecule has 0 bridgehead atoms. The van der Waals surface area contributed by atoms with Gasteiger partial charge in [-0.3, -0.25) is 14.5 Å². The molecule has 1 N–H and O–H groups in total. The molecule has 1 aliphatic rings. The first kappa shape index (κ1) is 19.6. The highest BCUT2D eigenvalue weighted by molar-refractivity contribution is 6.30. The van der Waals surface area contributed by atoms with Gasteiger partial charge in [0.25, 0.3) is 5.56 Å². The molecule has 1 aliphatic heterocycles. The fraction of sp³-hybridized carbons (Fsp3) is 0.450. The topological polar surface area (TPSA) is 67.2 Å². The van der Waals surface area contributed by atoms with Crippen molar-refractivity contribution in [1.29, 1.82) is 0 Å². The molecule has 6 nitrogen and oxygen atoms in total. The lowest BCUT2D eigenvalue weighted by Crippen LogP contribution is -2.43. The number of carbonyl (C=O) groups excluding carboxylic acids is 1. The number of amides is 1. The van der Waals surface area contributed by atoms with Gasteiger partial charge < -0.3 is 5.32 Å². The van der Waals surface area contributed by atoms with E-state index in [1.54, 1.807) is 18.2 Å². The highest BCUT2D eigenvalue weighted by Crippen LogP contribution is 2.18. The van der Waals surface area contributed by atoms with Crippen molar-refractivity contribution in [3.8, 4) is 11.3 Å². The van der Waals surface area contributed by atoms with Crippen LogP contribution in [0.4, 0.5) is 0 Å². The van der Waals surface area contributed by atoms with E-state index in [4.69, 9.17) is 11.6 Å². The maximum absolute atomic E-state index is 12.2. The molecule has 0 radical (unpaired) electrons. The van der Waals surface area contributed by atoms with Crippen LogP contribution >= 0.6 is 11.6 Å².